The number of amides is 1. The van der Waals surface area contributed by atoms with E-state index in [1.165, 1.54) is 0 Å². The van der Waals surface area contributed by atoms with E-state index in [1.54, 1.807) is 0 Å². The summed E-state index contributed by atoms with van der Waals surface area (Å²) in [6.07, 6.45) is 2.53. The molecule has 4 nitrogen and oxygen atoms in total. The molecule has 1 atom stereocenters. The van der Waals surface area contributed by atoms with Gasteiger partial charge in [-0.05, 0) is 26.9 Å². The lowest BCUT2D eigenvalue weighted by Crippen LogP contribution is -2.38. The summed E-state index contributed by atoms with van der Waals surface area (Å²) in [4.78, 5) is 15.5. The number of aliphatic hydroxyl groups is 1. The van der Waals surface area contributed by atoms with Crippen LogP contribution >= 0.6 is 0 Å². The summed E-state index contributed by atoms with van der Waals surface area (Å²) in [5, 5.41) is 9.06. The Balaban J connectivity index is 2.35. The normalized spacial score (nSPS) is 22.0. The molecule has 1 amide bonds. The number of carbonyl (C=O) groups is 1. The maximum atomic E-state index is 11.7. The molecule has 0 aliphatic carbocycles. The first-order valence-corrected chi connectivity index (χ1v) is 5.20. The van der Waals surface area contributed by atoms with Crippen LogP contribution in [0, 0.1) is 0 Å². The Morgan fingerprint density at radius 1 is 1.57 bits per heavy atom. The van der Waals surface area contributed by atoms with Crippen molar-refractivity contribution >= 4 is 5.91 Å². The van der Waals surface area contributed by atoms with E-state index < -0.39 is 0 Å². The highest BCUT2D eigenvalue weighted by atomic mass is 16.3. The van der Waals surface area contributed by atoms with Gasteiger partial charge in [0.25, 0.3) is 0 Å². The fourth-order valence-corrected chi connectivity index (χ4v) is 1.82. The lowest BCUT2D eigenvalue weighted by molar-refractivity contribution is -0.132. The van der Waals surface area contributed by atoms with E-state index in [0.717, 1.165) is 25.9 Å². The minimum Gasteiger partial charge on any atom is -0.394 e. The molecule has 0 bridgehead atoms. The smallest absolute Gasteiger partial charge is 0.224 e. The van der Waals surface area contributed by atoms with E-state index >= 15 is 0 Å². The molecule has 1 rings (SSSR count). The predicted octanol–water partition coefficient (Wildman–Crippen LogP) is -0.0786. The summed E-state index contributed by atoms with van der Waals surface area (Å²) < 4.78 is 0. The van der Waals surface area contributed by atoms with Gasteiger partial charge >= 0.3 is 0 Å². The second-order valence-corrected chi connectivity index (χ2v) is 4.12. The Morgan fingerprint density at radius 3 is 2.86 bits per heavy atom. The number of likely N-dealkylation sites (tertiary alicyclic amines) is 1. The van der Waals surface area contributed by atoms with Crippen molar-refractivity contribution in [3.8, 4) is 0 Å². The van der Waals surface area contributed by atoms with Crippen LogP contribution in [0.4, 0.5) is 0 Å². The van der Waals surface area contributed by atoms with Crippen LogP contribution in [0.5, 0.6) is 0 Å². The number of hydrogen-bond donors (Lipinski definition) is 1. The molecule has 1 aliphatic rings. The predicted molar refractivity (Wildman–Crippen MR) is 55.0 cm³/mol. The summed E-state index contributed by atoms with van der Waals surface area (Å²) in [5.41, 5.74) is 0. The van der Waals surface area contributed by atoms with Gasteiger partial charge in [0.05, 0.1) is 12.6 Å². The number of aliphatic hydroxyl groups excluding tert-OH is 1. The average molecular weight is 200 g/mol. The maximum Gasteiger partial charge on any atom is 0.224 e. The number of carbonyl (C=O) groups excluding carboxylic acids is 1. The molecular formula is C10H20N2O2. The zero-order valence-corrected chi connectivity index (χ0v) is 9.07. The molecule has 0 unspecified atom stereocenters. The molecule has 0 spiro atoms. The molecular weight excluding hydrogens is 180 g/mol. The quantitative estimate of drug-likeness (QED) is 0.690. The lowest BCUT2D eigenvalue weighted by atomic mass is 10.2. The zero-order chi connectivity index (χ0) is 10.6. The third kappa shape index (κ3) is 2.96. The second-order valence-electron chi connectivity index (χ2n) is 4.12. The molecule has 1 saturated heterocycles. The SMILES string of the molecule is CN(C)CCC(=O)N1CCC[C@@H]1CO. The lowest BCUT2D eigenvalue weighted by Gasteiger charge is -2.23. The Labute approximate surface area is 85.5 Å². The fourth-order valence-electron chi connectivity index (χ4n) is 1.82. The number of nitrogens with zero attached hydrogens (tertiary/aromatic N) is 2. The van der Waals surface area contributed by atoms with Crippen molar-refractivity contribution in [2.75, 3.05) is 33.8 Å². The molecule has 0 aromatic heterocycles. The largest absolute Gasteiger partial charge is 0.394 e. The standard InChI is InChI=1S/C10H20N2O2/c1-11(2)7-5-10(14)12-6-3-4-9(12)8-13/h9,13H,3-8H2,1-2H3/t9-/m1/s1. The monoisotopic (exact) mass is 200 g/mol. The molecule has 4 heteroatoms. The van der Waals surface area contributed by atoms with Crippen LogP contribution in [0.15, 0.2) is 0 Å². The molecule has 0 saturated carbocycles. The molecule has 82 valence electrons. The summed E-state index contributed by atoms with van der Waals surface area (Å²) in [6.45, 7) is 1.71. The van der Waals surface area contributed by atoms with Crippen LogP contribution in [-0.4, -0.2) is 60.6 Å². The van der Waals surface area contributed by atoms with Crippen LogP contribution < -0.4 is 0 Å². The molecule has 1 fully saturated rings. The van der Waals surface area contributed by atoms with E-state index in [-0.39, 0.29) is 18.6 Å². The van der Waals surface area contributed by atoms with Gasteiger partial charge in [0.2, 0.25) is 5.91 Å². The van der Waals surface area contributed by atoms with Crippen molar-refractivity contribution in [3.05, 3.63) is 0 Å². The van der Waals surface area contributed by atoms with E-state index in [4.69, 9.17) is 5.11 Å². The van der Waals surface area contributed by atoms with E-state index in [1.807, 2.05) is 23.9 Å². The van der Waals surface area contributed by atoms with Crippen molar-refractivity contribution in [1.29, 1.82) is 0 Å². The molecule has 1 heterocycles. The van der Waals surface area contributed by atoms with Crippen LogP contribution in [0.2, 0.25) is 0 Å². The first kappa shape index (κ1) is 11.5. The van der Waals surface area contributed by atoms with Crippen LogP contribution in [-0.2, 0) is 4.79 Å². The highest BCUT2D eigenvalue weighted by Gasteiger charge is 2.27. The van der Waals surface area contributed by atoms with Gasteiger partial charge < -0.3 is 14.9 Å². The zero-order valence-electron chi connectivity index (χ0n) is 9.07. The highest BCUT2D eigenvalue weighted by Crippen LogP contribution is 2.17. The van der Waals surface area contributed by atoms with Gasteiger partial charge in [0.1, 0.15) is 0 Å². The van der Waals surface area contributed by atoms with Gasteiger partial charge in [0.15, 0.2) is 0 Å². The molecule has 1 aliphatic heterocycles. The minimum atomic E-state index is 0.0738. The summed E-state index contributed by atoms with van der Waals surface area (Å²) in [7, 11) is 3.92. The topological polar surface area (TPSA) is 43.8 Å². The van der Waals surface area contributed by atoms with Crippen LogP contribution in [0.25, 0.3) is 0 Å². The average Bonchev–Trinajstić information content (AvgIpc) is 2.61. The van der Waals surface area contributed by atoms with E-state index in [2.05, 4.69) is 0 Å². The molecule has 1 N–H and O–H groups in total. The van der Waals surface area contributed by atoms with Crippen molar-refractivity contribution in [2.24, 2.45) is 0 Å². The molecule has 0 aromatic rings. The Morgan fingerprint density at radius 2 is 2.29 bits per heavy atom. The molecule has 14 heavy (non-hydrogen) atoms. The van der Waals surface area contributed by atoms with E-state index in [0.29, 0.717) is 6.42 Å². The Bertz CT molecular complexity index is 195. The van der Waals surface area contributed by atoms with Crippen molar-refractivity contribution in [3.63, 3.8) is 0 Å². The maximum absolute atomic E-state index is 11.7. The third-order valence-corrected chi connectivity index (χ3v) is 2.68. The molecule has 0 radical (unpaired) electrons. The third-order valence-electron chi connectivity index (χ3n) is 2.68. The molecule has 0 aromatic carbocycles. The second kappa shape index (κ2) is 5.32. The van der Waals surface area contributed by atoms with Crippen LogP contribution in [0.1, 0.15) is 19.3 Å². The van der Waals surface area contributed by atoms with Gasteiger partial charge in [-0.15, -0.1) is 0 Å². The van der Waals surface area contributed by atoms with E-state index in [9.17, 15) is 4.79 Å². The summed E-state index contributed by atoms with van der Waals surface area (Å²) >= 11 is 0. The number of hydrogen-bond acceptors (Lipinski definition) is 3. The summed E-state index contributed by atoms with van der Waals surface area (Å²) in [5.74, 6) is 0.176. The van der Waals surface area contributed by atoms with Gasteiger partial charge in [0, 0.05) is 19.5 Å². The van der Waals surface area contributed by atoms with Crippen LogP contribution in [0.3, 0.4) is 0 Å². The van der Waals surface area contributed by atoms with Gasteiger partial charge in [-0.1, -0.05) is 0 Å². The first-order valence-electron chi connectivity index (χ1n) is 5.20. The fraction of sp³-hybridized carbons (Fsp3) is 0.900. The van der Waals surface area contributed by atoms with Crippen molar-refractivity contribution < 1.29 is 9.90 Å². The number of rotatable bonds is 4. The van der Waals surface area contributed by atoms with Gasteiger partial charge in [-0.3, -0.25) is 4.79 Å². The van der Waals surface area contributed by atoms with Crippen molar-refractivity contribution in [2.45, 2.75) is 25.3 Å². The van der Waals surface area contributed by atoms with Gasteiger partial charge in [-0.2, -0.15) is 0 Å². The Kier molecular flexibility index (Phi) is 4.35. The summed E-state index contributed by atoms with van der Waals surface area (Å²) in [6, 6.07) is 0.0738. The highest BCUT2D eigenvalue weighted by molar-refractivity contribution is 5.77. The first-order chi connectivity index (χ1) is 6.65. The van der Waals surface area contributed by atoms with Crippen molar-refractivity contribution in [1.82, 2.24) is 9.80 Å². The Hall–Kier alpha value is -0.610. The van der Waals surface area contributed by atoms with Gasteiger partial charge in [-0.25, -0.2) is 0 Å². The minimum absolute atomic E-state index is 0.0738.